The van der Waals surface area contributed by atoms with Crippen LogP contribution in [-0.2, 0) is 9.53 Å². The Hall–Kier alpha value is 0.910. The van der Waals surface area contributed by atoms with Crippen molar-refractivity contribution in [1.82, 2.24) is 0 Å². The predicted octanol–water partition coefficient (Wildman–Crippen LogP) is 6.92. The second-order valence-corrected chi connectivity index (χ2v) is 9.85. The second kappa shape index (κ2) is 10.5. The van der Waals surface area contributed by atoms with Gasteiger partial charge in [-0.25, -0.2) is 18.0 Å². The first kappa shape index (κ1) is 28.9. The van der Waals surface area contributed by atoms with Crippen molar-refractivity contribution >= 4 is 79.9 Å². The van der Waals surface area contributed by atoms with E-state index in [2.05, 4.69) is 32.3 Å². The fourth-order valence-electron chi connectivity index (χ4n) is 1.81. The summed E-state index contributed by atoms with van der Waals surface area (Å²) in [5.74, 6) is -14.8. The van der Waals surface area contributed by atoms with Gasteiger partial charge < -0.3 is 4.74 Å². The van der Waals surface area contributed by atoms with Gasteiger partial charge in [-0.1, -0.05) is 39.1 Å². The van der Waals surface area contributed by atoms with E-state index >= 15 is 0 Å². The van der Waals surface area contributed by atoms with Gasteiger partial charge in [0.15, 0.2) is 6.17 Å². The lowest BCUT2D eigenvalue weighted by atomic mass is 9.95. The molecule has 0 N–H and O–H groups in total. The van der Waals surface area contributed by atoms with Crippen LogP contribution in [0.4, 0.5) is 30.7 Å². The van der Waals surface area contributed by atoms with E-state index in [0.717, 1.165) is 6.92 Å². The summed E-state index contributed by atoms with van der Waals surface area (Å²) in [5.41, 5.74) is 0. The van der Waals surface area contributed by atoms with Gasteiger partial charge in [0.2, 0.25) is 0 Å². The van der Waals surface area contributed by atoms with Crippen LogP contribution in [0.1, 0.15) is 19.8 Å². The molecule has 168 valence electrons. The summed E-state index contributed by atoms with van der Waals surface area (Å²) in [7, 11) is 0. The molecule has 0 saturated heterocycles. The molecule has 0 fully saturated rings. The third-order valence-corrected chi connectivity index (χ3v) is 5.55. The monoisotopic (exact) mass is 588 g/mol. The summed E-state index contributed by atoms with van der Waals surface area (Å²) in [4.78, 5) is 11.1. The van der Waals surface area contributed by atoms with E-state index in [0.29, 0.717) is 0 Å². The van der Waals surface area contributed by atoms with Gasteiger partial charge in [0.1, 0.15) is 0 Å². The molecule has 0 spiro atoms. The quantitative estimate of drug-likeness (QED) is 0.148. The largest absolute Gasteiger partial charge is 0.461 e. The molecule has 0 aromatic heterocycles. The van der Waals surface area contributed by atoms with Crippen LogP contribution in [0.25, 0.3) is 0 Å². The number of rotatable bonds is 11. The van der Waals surface area contributed by atoms with Gasteiger partial charge in [-0.15, -0.1) is 34.8 Å². The lowest BCUT2D eigenvalue weighted by molar-refractivity contribution is -0.253. The van der Waals surface area contributed by atoms with Crippen LogP contribution in [0.5, 0.6) is 0 Å². The minimum Gasteiger partial charge on any atom is -0.461 e. The third kappa shape index (κ3) is 5.99. The van der Waals surface area contributed by atoms with Crippen LogP contribution in [0.3, 0.4) is 0 Å². The van der Waals surface area contributed by atoms with Crippen molar-refractivity contribution in [3.05, 3.63) is 0 Å². The first-order chi connectivity index (χ1) is 12.4. The van der Waals surface area contributed by atoms with Crippen LogP contribution in [0.2, 0.25) is 0 Å². The molecule has 0 bridgehead atoms. The Kier molecular flexibility index (Phi) is 10.8. The van der Waals surface area contributed by atoms with Crippen LogP contribution >= 0.6 is 73.9 Å². The van der Waals surface area contributed by atoms with E-state index in [9.17, 15) is 35.5 Å². The number of carbonyl (C=O) groups is 1. The molecule has 2 nitrogen and oxygen atoms in total. The number of hydrogen-bond acceptors (Lipinski definition) is 2. The Bertz CT molecular complexity index is 539. The molecular weight excluding hydrogens is 578 g/mol. The van der Waals surface area contributed by atoms with Gasteiger partial charge in [0, 0.05) is 5.38 Å². The molecule has 0 rings (SSSR count). The summed E-state index contributed by atoms with van der Waals surface area (Å²) in [5, 5.41) is -14.3. The van der Waals surface area contributed by atoms with Gasteiger partial charge in [0.25, 0.3) is 5.13 Å². The zero-order valence-corrected chi connectivity index (χ0v) is 19.0. The van der Waals surface area contributed by atoms with E-state index in [-0.39, 0.29) is 6.42 Å². The van der Waals surface area contributed by atoms with Crippen molar-refractivity contribution in [2.24, 2.45) is 0 Å². The van der Waals surface area contributed by atoms with Gasteiger partial charge in [-0.2, -0.15) is 17.6 Å². The Labute approximate surface area is 189 Å². The molecule has 6 atom stereocenters. The molecule has 28 heavy (non-hydrogen) atoms. The Morgan fingerprint density at radius 2 is 1.50 bits per heavy atom. The summed E-state index contributed by atoms with van der Waals surface area (Å²) in [6, 6.07) is 0. The summed E-state index contributed by atoms with van der Waals surface area (Å²) >= 11 is 28.9. The van der Waals surface area contributed by atoms with Gasteiger partial charge in [-0.3, -0.25) is 0 Å². The molecule has 0 aromatic rings. The van der Waals surface area contributed by atoms with Gasteiger partial charge in [0.05, 0.1) is 16.3 Å². The topological polar surface area (TPSA) is 26.3 Å². The number of halogens is 13. The highest BCUT2D eigenvalue weighted by atomic mass is 79.9. The molecule has 0 heterocycles. The van der Waals surface area contributed by atoms with E-state index < -0.39 is 62.3 Å². The minimum absolute atomic E-state index is 0.0828. The lowest BCUT2D eigenvalue weighted by Crippen LogP contribution is -2.66. The van der Waals surface area contributed by atoms with Crippen LogP contribution in [-0.4, -0.2) is 55.9 Å². The first-order valence-corrected chi connectivity index (χ1v) is 10.2. The highest BCUT2D eigenvalue weighted by Crippen LogP contribution is 2.57. The summed E-state index contributed by atoms with van der Waals surface area (Å²) in [6.07, 6.45) is -4.42. The van der Waals surface area contributed by atoms with Gasteiger partial charge >= 0.3 is 22.9 Å². The Morgan fingerprint density at radius 1 is 1.04 bits per heavy atom. The van der Waals surface area contributed by atoms with Crippen LogP contribution in [0, 0.1) is 0 Å². The maximum absolute atomic E-state index is 14.4. The van der Waals surface area contributed by atoms with E-state index in [1.807, 2.05) is 0 Å². The lowest BCUT2D eigenvalue weighted by Gasteiger charge is -2.40. The number of carbonyl (C=O) groups excluding carboxylic acids is 1. The van der Waals surface area contributed by atoms with Gasteiger partial charge in [-0.05, 0) is 19.8 Å². The summed E-state index contributed by atoms with van der Waals surface area (Å²) in [6.45, 7) is 0.230. The average molecular weight is 591 g/mol. The molecule has 0 saturated carbocycles. The molecule has 0 amide bonds. The molecule has 0 aliphatic heterocycles. The molecule has 0 aromatic carbocycles. The van der Waals surface area contributed by atoms with Crippen LogP contribution < -0.4 is 0 Å². The maximum Gasteiger partial charge on any atom is 0.395 e. The zero-order valence-electron chi connectivity index (χ0n) is 13.7. The predicted molar refractivity (Wildman–Crippen MR) is 97.9 cm³/mol. The zero-order chi connectivity index (χ0) is 22.7. The normalized spacial score (nSPS) is 21.8. The highest BCUT2D eigenvalue weighted by molar-refractivity contribution is 9.10. The van der Waals surface area contributed by atoms with Crippen molar-refractivity contribution in [3.8, 4) is 0 Å². The fraction of sp³-hybridized carbons (Fsp3) is 0.923. The molecule has 15 heteroatoms. The Morgan fingerprint density at radius 3 is 1.89 bits per heavy atom. The number of hydrogen-bond donors (Lipinski definition) is 0. The van der Waals surface area contributed by atoms with Crippen molar-refractivity contribution in [2.45, 2.75) is 63.1 Å². The maximum atomic E-state index is 14.4. The van der Waals surface area contributed by atoms with E-state index in [4.69, 9.17) is 46.4 Å². The van der Waals surface area contributed by atoms with E-state index in [1.54, 1.807) is 0 Å². The minimum atomic E-state index is -6.15. The molecule has 6 unspecified atom stereocenters. The SMILES string of the molecule is CCOC(=O)C(F)(F)C(F)(Cl)C(F)(F)C(F)(Cl)C(F)C(Cl)CC(Cl)CC(Cl)Br. The van der Waals surface area contributed by atoms with Crippen molar-refractivity contribution in [3.63, 3.8) is 0 Å². The Balaban J connectivity index is 5.73. The average Bonchev–Trinajstić information content (AvgIpc) is 2.52. The van der Waals surface area contributed by atoms with Crippen molar-refractivity contribution in [2.75, 3.05) is 6.61 Å². The molecule has 0 aliphatic rings. The third-order valence-electron chi connectivity index (χ3n) is 3.32. The van der Waals surface area contributed by atoms with Crippen LogP contribution in [0.15, 0.2) is 0 Å². The summed E-state index contributed by atoms with van der Waals surface area (Å²) < 4.78 is 102. The molecular formula is C13H13BrCl5F7O2. The number of esters is 1. The highest BCUT2D eigenvalue weighted by Gasteiger charge is 2.82. The van der Waals surface area contributed by atoms with Crippen molar-refractivity contribution < 1.29 is 40.3 Å². The fourth-order valence-corrected chi connectivity index (χ4v) is 4.24. The number of alkyl halides is 13. The smallest absolute Gasteiger partial charge is 0.395 e. The van der Waals surface area contributed by atoms with Crippen molar-refractivity contribution in [1.29, 1.82) is 0 Å². The van der Waals surface area contributed by atoms with E-state index in [1.165, 1.54) is 0 Å². The standard InChI is InChI=1S/C13H13BrCl5F7O2/c1-2-28-9(27)11(22,23)12(19,24)13(25,26)10(18,21)8(20)6(16)3-5(15)4-7(14)17/h5-8H,2-4H2,1H3. The molecule has 0 radical (unpaired) electrons. The second-order valence-electron chi connectivity index (χ2n) is 5.44. The first-order valence-electron chi connectivity index (χ1n) is 7.26. The molecule has 0 aliphatic carbocycles. The number of ether oxygens (including phenoxy) is 1.